The van der Waals surface area contributed by atoms with E-state index in [4.69, 9.17) is 4.74 Å². The normalized spacial score (nSPS) is 33.2. The van der Waals surface area contributed by atoms with Crippen LogP contribution in [-0.2, 0) is 4.74 Å². The fourth-order valence-electron chi connectivity index (χ4n) is 3.11. The summed E-state index contributed by atoms with van der Waals surface area (Å²) in [6.07, 6.45) is 5.12. The maximum atomic E-state index is 5.43. The Hall–Kier alpha value is -0.120. The Balaban J connectivity index is 1.82. The van der Waals surface area contributed by atoms with E-state index in [1.54, 1.807) is 0 Å². The molecule has 1 unspecified atom stereocenters. The lowest BCUT2D eigenvalue weighted by Gasteiger charge is -2.41. The molecule has 0 aromatic carbocycles. The van der Waals surface area contributed by atoms with E-state index in [9.17, 15) is 0 Å². The van der Waals surface area contributed by atoms with E-state index < -0.39 is 0 Å². The van der Waals surface area contributed by atoms with Crippen LogP contribution in [-0.4, -0.2) is 50.8 Å². The molecule has 0 spiro atoms. The topological polar surface area (TPSA) is 24.5 Å². The molecule has 3 heteroatoms. The largest absolute Gasteiger partial charge is 0.381 e. The molecule has 0 aromatic rings. The third kappa shape index (κ3) is 3.19. The minimum Gasteiger partial charge on any atom is -0.381 e. The van der Waals surface area contributed by atoms with Crippen LogP contribution in [0.4, 0.5) is 0 Å². The van der Waals surface area contributed by atoms with E-state index in [-0.39, 0.29) is 0 Å². The number of hydrogen-bond donors (Lipinski definition) is 1. The highest BCUT2D eigenvalue weighted by Gasteiger charge is 2.30. The molecule has 0 aromatic heterocycles. The minimum absolute atomic E-state index is 0.477. The van der Waals surface area contributed by atoms with Gasteiger partial charge in [0, 0.05) is 32.3 Å². The zero-order valence-electron chi connectivity index (χ0n) is 10.8. The van der Waals surface area contributed by atoms with Crippen molar-refractivity contribution in [3.63, 3.8) is 0 Å². The van der Waals surface area contributed by atoms with Gasteiger partial charge >= 0.3 is 0 Å². The number of piperidine rings is 1. The van der Waals surface area contributed by atoms with Crippen molar-refractivity contribution in [3.8, 4) is 0 Å². The second-order valence-corrected chi connectivity index (χ2v) is 5.85. The SMILES string of the molecule is CN(CC1(C)CCCNC1)C1CCOCC1. The molecule has 1 N–H and O–H groups in total. The highest BCUT2D eigenvalue weighted by atomic mass is 16.5. The van der Waals surface area contributed by atoms with Gasteiger partial charge in [0.1, 0.15) is 0 Å². The van der Waals surface area contributed by atoms with Gasteiger partial charge in [-0.25, -0.2) is 0 Å². The van der Waals surface area contributed by atoms with Gasteiger partial charge in [0.25, 0.3) is 0 Å². The lowest BCUT2D eigenvalue weighted by molar-refractivity contribution is 0.0257. The monoisotopic (exact) mass is 226 g/mol. The standard InChI is InChI=1S/C13H26N2O/c1-13(6-3-7-14-10-13)11-15(2)12-4-8-16-9-5-12/h12,14H,3-11H2,1-2H3. The summed E-state index contributed by atoms with van der Waals surface area (Å²) in [6, 6.07) is 0.743. The maximum absolute atomic E-state index is 5.43. The van der Waals surface area contributed by atoms with Crippen molar-refractivity contribution >= 4 is 0 Å². The molecule has 0 radical (unpaired) electrons. The summed E-state index contributed by atoms with van der Waals surface area (Å²) >= 11 is 0. The Morgan fingerprint density at radius 1 is 1.38 bits per heavy atom. The Labute approximate surface area is 99.5 Å². The quantitative estimate of drug-likeness (QED) is 0.789. The van der Waals surface area contributed by atoms with Crippen molar-refractivity contribution in [1.29, 1.82) is 0 Å². The van der Waals surface area contributed by atoms with Crippen LogP contribution in [0.1, 0.15) is 32.6 Å². The van der Waals surface area contributed by atoms with Gasteiger partial charge in [0.15, 0.2) is 0 Å². The summed E-state index contributed by atoms with van der Waals surface area (Å²) in [6.45, 7) is 7.94. The van der Waals surface area contributed by atoms with Crippen LogP contribution in [0.5, 0.6) is 0 Å². The highest BCUT2D eigenvalue weighted by Crippen LogP contribution is 2.28. The molecular weight excluding hydrogens is 200 g/mol. The van der Waals surface area contributed by atoms with Crippen LogP contribution < -0.4 is 5.32 Å². The van der Waals surface area contributed by atoms with Gasteiger partial charge in [0.2, 0.25) is 0 Å². The molecule has 2 saturated heterocycles. The minimum atomic E-state index is 0.477. The van der Waals surface area contributed by atoms with Crippen LogP contribution in [0.3, 0.4) is 0 Å². The molecule has 2 fully saturated rings. The third-order valence-corrected chi connectivity index (χ3v) is 4.13. The maximum Gasteiger partial charge on any atom is 0.0480 e. The molecule has 0 aliphatic carbocycles. The van der Waals surface area contributed by atoms with Crippen molar-refractivity contribution < 1.29 is 4.74 Å². The fourth-order valence-corrected chi connectivity index (χ4v) is 3.11. The average molecular weight is 226 g/mol. The first-order valence-corrected chi connectivity index (χ1v) is 6.68. The van der Waals surface area contributed by atoms with E-state index in [1.165, 1.54) is 45.3 Å². The molecule has 0 saturated carbocycles. The van der Waals surface area contributed by atoms with Crippen molar-refractivity contribution in [2.75, 3.05) is 39.9 Å². The van der Waals surface area contributed by atoms with Crippen LogP contribution >= 0.6 is 0 Å². The van der Waals surface area contributed by atoms with Gasteiger partial charge in [-0.1, -0.05) is 6.92 Å². The van der Waals surface area contributed by atoms with Gasteiger partial charge in [0.05, 0.1) is 0 Å². The second-order valence-electron chi connectivity index (χ2n) is 5.85. The lowest BCUT2D eigenvalue weighted by atomic mass is 9.82. The first-order valence-electron chi connectivity index (χ1n) is 6.68. The second kappa shape index (κ2) is 5.48. The number of ether oxygens (including phenoxy) is 1. The van der Waals surface area contributed by atoms with E-state index >= 15 is 0 Å². The summed E-state index contributed by atoms with van der Waals surface area (Å²) in [4.78, 5) is 2.56. The number of nitrogens with zero attached hydrogens (tertiary/aromatic N) is 1. The van der Waals surface area contributed by atoms with Crippen LogP contribution in [0, 0.1) is 5.41 Å². The summed E-state index contributed by atoms with van der Waals surface area (Å²) in [5.74, 6) is 0. The van der Waals surface area contributed by atoms with E-state index in [0.29, 0.717) is 5.41 Å². The fraction of sp³-hybridized carbons (Fsp3) is 1.00. The Bertz CT molecular complexity index is 208. The number of rotatable bonds is 3. The zero-order valence-corrected chi connectivity index (χ0v) is 10.8. The molecular formula is C13H26N2O. The van der Waals surface area contributed by atoms with Gasteiger partial charge in [-0.05, 0) is 44.7 Å². The zero-order chi connectivity index (χ0) is 11.4. The summed E-state index contributed by atoms with van der Waals surface area (Å²) in [5.41, 5.74) is 0.477. The molecule has 0 amide bonds. The highest BCUT2D eigenvalue weighted by molar-refractivity contribution is 4.86. The van der Waals surface area contributed by atoms with Gasteiger partial charge in [-0.3, -0.25) is 0 Å². The molecule has 0 bridgehead atoms. The average Bonchev–Trinajstić information content (AvgIpc) is 2.30. The number of hydrogen-bond acceptors (Lipinski definition) is 3. The van der Waals surface area contributed by atoms with Crippen molar-refractivity contribution in [2.24, 2.45) is 5.41 Å². The summed E-state index contributed by atoms with van der Waals surface area (Å²) < 4.78 is 5.43. The number of nitrogens with one attached hydrogen (secondary N) is 1. The van der Waals surface area contributed by atoms with Gasteiger partial charge < -0.3 is 15.0 Å². The Morgan fingerprint density at radius 3 is 2.75 bits per heavy atom. The van der Waals surface area contributed by atoms with E-state index in [0.717, 1.165) is 19.3 Å². The van der Waals surface area contributed by atoms with Crippen molar-refractivity contribution in [2.45, 2.75) is 38.6 Å². The van der Waals surface area contributed by atoms with Crippen LogP contribution in [0.2, 0.25) is 0 Å². The molecule has 2 rings (SSSR count). The van der Waals surface area contributed by atoms with Crippen LogP contribution in [0.25, 0.3) is 0 Å². The van der Waals surface area contributed by atoms with Crippen LogP contribution in [0.15, 0.2) is 0 Å². The van der Waals surface area contributed by atoms with Gasteiger partial charge in [-0.2, -0.15) is 0 Å². The predicted molar refractivity (Wildman–Crippen MR) is 66.7 cm³/mol. The molecule has 2 aliphatic heterocycles. The van der Waals surface area contributed by atoms with E-state index in [1.807, 2.05) is 0 Å². The molecule has 2 aliphatic rings. The first kappa shape index (κ1) is 12.3. The molecule has 3 nitrogen and oxygen atoms in total. The molecule has 1 atom stereocenters. The first-order chi connectivity index (χ1) is 7.70. The smallest absolute Gasteiger partial charge is 0.0480 e. The third-order valence-electron chi connectivity index (χ3n) is 4.13. The van der Waals surface area contributed by atoms with Gasteiger partial charge in [-0.15, -0.1) is 0 Å². The molecule has 2 heterocycles. The van der Waals surface area contributed by atoms with Crippen molar-refractivity contribution in [3.05, 3.63) is 0 Å². The molecule has 16 heavy (non-hydrogen) atoms. The summed E-state index contributed by atoms with van der Waals surface area (Å²) in [7, 11) is 2.29. The molecule has 94 valence electrons. The predicted octanol–water partition coefficient (Wildman–Crippen LogP) is 1.49. The Kier molecular flexibility index (Phi) is 4.22. The lowest BCUT2D eigenvalue weighted by Crippen LogP contribution is -2.48. The van der Waals surface area contributed by atoms with E-state index in [2.05, 4.69) is 24.2 Å². The summed E-state index contributed by atoms with van der Waals surface area (Å²) in [5, 5.41) is 3.53. The Morgan fingerprint density at radius 2 is 2.12 bits per heavy atom. The van der Waals surface area contributed by atoms with Crippen molar-refractivity contribution in [1.82, 2.24) is 10.2 Å².